The van der Waals surface area contributed by atoms with Crippen LogP contribution in [0.5, 0.6) is 5.75 Å². The molecule has 0 spiro atoms. The number of carbonyl (C=O) groups excluding carboxylic acids is 2. The molecule has 1 N–H and O–H groups in total. The molecule has 2 rings (SSSR count). The van der Waals surface area contributed by atoms with E-state index in [-0.39, 0.29) is 24.3 Å². The summed E-state index contributed by atoms with van der Waals surface area (Å²) >= 11 is 6.11. The van der Waals surface area contributed by atoms with Gasteiger partial charge in [-0.2, -0.15) is 0 Å². The minimum atomic E-state index is -0.573. The van der Waals surface area contributed by atoms with Crippen molar-refractivity contribution in [2.75, 3.05) is 12.4 Å². The first-order valence-corrected chi connectivity index (χ1v) is 7.31. The molecule has 0 bridgehead atoms. The molecule has 1 saturated heterocycles. The van der Waals surface area contributed by atoms with Gasteiger partial charge in [0.1, 0.15) is 11.8 Å². The summed E-state index contributed by atoms with van der Waals surface area (Å²) < 4.78 is 5.14. The summed E-state index contributed by atoms with van der Waals surface area (Å²) in [6, 6.07) is 4.48. The summed E-state index contributed by atoms with van der Waals surface area (Å²) in [5, 5.41) is 3.53. The number of rotatable bonds is 5. The average molecular weight is 311 g/mol. The Morgan fingerprint density at radius 3 is 2.81 bits per heavy atom. The molecule has 5 nitrogen and oxygen atoms in total. The highest BCUT2D eigenvalue weighted by Crippen LogP contribution is 2.29. The van der Waals surface area contributed by atoms with Crippen LogP contribution >= 0.6 is 11.6 Å². The van der Waals surface area contributed by atoms with Gasteiger partial charge in [0.15, 0.2) is 0 Å². The zero-order valence-corrected chi connectivity index (χ0v) is 13.1. The Bertz CT molecular complexity index is 562. The van der Waals surface area contributed by atoms with E-state index >= 15 is 0 Å². The molecule has 1 aromatic rings. The van der Waals surface area contributed by atoms with Crippen LogP contribution in [0.3, 0.4) is 0 Å². The molecule has 1 fully saturated rings. The van der Waals surface area contributed by atoms with E-state index in [4.69, 9.17) is 16.3 Å². The number of imide groups is 1. The van der Waals surface area contributed by atoms with Crippen LogP contribution in [0, 0.1) is 0 Å². The summed E-state index contributed by atoms with van der Waals surface area (Å²) in [5.74, 6) is 0.288. The topological polar surface area (TPSA) is 58.6 Å². The van der Waals surface area contributed by atoms with Crippen LogP contribution in [0.15, 0.2) is 18.2 Å². The van der Waals surface area contributed by atoms with Gasteiger partial charge in [-0.25, -0.2) is 0 Å². The highest BCUT2D eigenvalue weighted by molar-refractivity contribution is 6.33. The fraction of sp³-hybridized carbons (Fsp3) is 0.467. The highest BCUT2D eigenvalue weighted by Gasteiger charge is 2.40. The van der Waals surface area contributed by atoms with Gasteiger partial charge in [0, 0.05) is 12.1 Å². The second kappa shape index (κ2) is 6.35. The van der Waals surface area contributed by atoms with Crippen molar-refractivity contribution in [2.45, 2.75) is 38.8 Å². The highest BCUT2D eigenvalue weighted by atomic mass is 35.5. The number of nitrogens with one attached hydrogen (secondary N) is 1. The second-order valence-corrected chi connectivity index (χ2v) is 5.51. The summed E-state index contributed by atoms with van der Waals surface area (Å²) in [6.45, 7) is 3.82. The number of anilines is 1. The van der Waals surface area contributed by atoms with Crippen molar-refractivity contribution in [3.05, 3.63) is 23.2 Å². The second-order valence-electron chi connectivity index (χ2n) is 5.11. The third kappa shape index (κ3) is 3.13. The molecule has 1 aliphatic rings. The fourth-order valence-electron chi connectivity index (χ4n) is 2.34. The van der Waals surface area contributed by atoms with E-state index < -0.39 is 6.04 Å². The number of nitrogens with zero attached hydrogens (tertiary/aromatic N) is 1. The van der Waals surface area contributed by atoms with Crippen LogP contribution in [0.1, 0.15) is 26.7 Å². The van der Waals surface area contributed by atoms with Crippen molar-refractivity contribution < 1.29 is 14.3 Å². The van der Waals surface area contributed by atoms with Crippen LogP contribution in [-0.4, -0.2) is 35.9 Å². The Hall–Kier alpha value is -1.75. The Kier molecular flexibility index (Phi) is 4.73. The number of methoxy groups -OCH3 is 1. The summed E-state index contributed by atoms with van der Waals surface area (Å²) in [5.41, 5.74) is 0.591. The van der Waals surface area contributed by atoms with Crippen molar-refractivity contribution >= 4 is 29.1 Å². The number of hydrogen-bond donors (Lipinski definition) is 1. The maximum absolute atomic E-state index is 12.4. The van der Waals surface area contributed by atoms with Crippen molar-refractivity contribution in [2.24, 2.45) is 0 Å². The summed E-state index contributed by atoms with van der Waals surface area (Å²) in [7, 11) is 1.56. The van der Waals surface area contributed by atoms with E-state index in [1.165, 1.54) is 4.90 Å². The number of benzene rings is 1. The first-order chi connectivity index (χ1) is 9.97. The van der Waals surface area contributed by atoms with E-state index in [0.29, 0.717) is 16.5 Å². The Labute approximate surface area is 129 Å². The smallest absolute Gasteiger partial charge is 0.252 e. The minimum absolute atomic E-state index is 0.0856. The monoisotopic (exact) mass is 310 g/mol. The molecule has 1 heterocycles. The van der Waals surface area contributed by atoms with Gasteiger partial charge >= 0.3 is 0 Å². The predicted molar refractivity (Wildman–Crippen MR) is 81.6 cm³/mol. The number of likely N-dealkylation sites (tertiary alicyclic amines) is 1. The summed E-state index contributed by atoms with van der Waals surface area (Å²) in [4.78, 5) is 25.7. The number of halogens is 1. The molecule has 0 radical (unpaired) electrons. The molecule has 2 unspecified atom stereocenters. The molecule has 1 aliphatic heterocycles. The third-order valence-corrected chi connectivity index (χ3v) is 4.05. The van der Waals surface area contributed by atoms with Gasteiger partial charge in [-0.15, -0.1) is 0 Å². The maximum atomic E-state index is 12.4. The van der Waals surface area contributed by atoms with E-state index in [0.717, 1.165) is 6.42 Å². The molecular formula is C15H19ClN2O3. The Balaban J connectivity index is 2.18. The number of carbonyl (C=O) groups is 2. The molecule has 6 heteroatoms. The van der Waals surface area contributed by atoms with Gasteiger partial charge in [-0.05, 0) is 25.5 Å². The van der Waals surface area contributed by atoms with E-state index in [1.807, 2.05) is 13.8 Å². The lowest BCUT2D eigenvalue weighted by Crippen LogP contribution is -2.40. The van der Waals surface area contributed by atoms with Crippen molar-refractivity contribution in [3.8, 4) is 5.75 Å². The Morgan fingerprint density at radius 1 is 1.48 bits per heavy atom. The van der Waals surface area contributed by atoms with Crippen LogP contribution in [0.25, 0.3) is 0 Å². The summed E-state index contributed by atoms with van der Waals surface area (Å²) in [6.07, 6.45) is 0.890. The van der Waals surface area contributed by atoms with Gasteiger partial charge in [0.05, 0.1) is 24.2 Å². The van der Waals surface area contributed by atoms with Crippen LogP contribution in [0.2, 0.25) is 5.02 Å². The van der Waals surface area contributed by atoms with Gasteiger partial charge < -0.3 is 10.1 Å². The largest absolute Gasteiger partial charge is 0.497 e. The van der Waals surface area contributed by atoms with Gasteiger partial charge in [0.25, 0.3) is 5.91 Å². The SMILES string of the molecule is CCC(C)N1C(=O)CC(Nc2cc(OC)ccc2Cl)C1=O. The molecule has 2 atom stereocenters. The molecule has 2 amide bonds. The molecule has 0 saturated carbocycles. The van der Waals surface area contributed by atoms with E-state index in [1.54, 1.807) is 25.3 Å². The van der Waals surface area contributed by atoms with E-state index in [9.17, 15) is 9.59 Å². The fourth-order valence-corrected chi connectivity index (χ4v) is 2.51. The van der Waals surface area contributed by atoms with E-state index in [2.05, 4.69) is 5.32 Å². The number of hydrogen-bond acceptors (Lipinski definition) is 4. The predicted octanol–water partition coefficient (Wildman–Crippen LogP) is 2.69. The maximum Gasteiger partial charge on any atom is 0.252 e. The van der Waals surface area contributed by atoms with Crippen molar-refractivity contribution in [1.82, 2.24) is 4.90 Å². The standard InChI is InChI=1S/C15H19ClN2O3/c1-4-9(2)18-14(19)8-13(15(18)20)17-12-7-10(21-3)5-6-11(12)16/h5-7,9,13,17H,4,8H2,1-3H3. The zero-order chi connectivity index (χ0) is 15.6. The molecule has 0 aromatic heterocycles. The molecular weight excluding hydrogens is 292 g/mol. The van der Waals surface area contributed by atoms with Crippen LogP contribution in [0.4, 0.5) is 5.69 Å². The number of ether oxygens (including phenoxy) is 1. The van der Waals surface area contributed by atoms with Crippen LogP contribution < -0.4 is 10.1 Å². The minimum Gasteiger partial charge on any atom is -0.497 e. The first-order valence-electron chi connectivity index (χ1n) is 6.93. The third-order valence-electron chi connectivity index (χ3n) is 3.72. The van der Waals surface area contributed by atoms with Gasteiger partial charge in [0.2, 0.25) is 5.91 Å². The number of amides is 2. The van der Waals surface area contributed by atoms with Gasteiger partial charge in [-0.3, -0.25) is 14.5 Å². The zero-order valence-electron chi connectivity index (χ0n) is 12.4. The normalized spacial score (nSPS) is 19.8. The molecule has 0 aliphatic carbocycles. The molecule has 21 heavy (non-hydrogen) atoms. The Morgan fingerprint density at radius 2 is 2.19 bits per heavy atom. The van der Waals surface area contributed by atoms with Gasteiger partial charge in [-0.1, -0.05) is 18.5 Å². The lowest BCUT2D eigenvalue weighted by Gasteiger charge is -2.22. The molecule has 114 valence electrons. The average Bonchev–Trinajstić information content (AvgIpc) is 2.75. The van der Waals surface area contributed by atoms with Crippen molar-refractivity contribution in [1.29, 1.82) is 0 Å². The quantitative estimate of drug-likeness (QED) is 0.850. The van der Waals surface area contributed by atoms with Crippen molar-refractivity contribution in [3.63, 3.8) is 0 Å². The first kappa shape index (κ1) is 15.6. The van der Waals surface area contributed by atoms with Crippen LogP contribution in [-0.2, 0) is 9.59 Å². The molecule has 1 aromatic carbocycles. The lowest BCUT2D eigenvalue weighted by molar-refractivity contribution is -0.140. The lowest BCUT2D eigenvalue weighted by atomic mass is 10.2.